The Morgan fingerprint density at radius 2 is 2.05 bits per heavy atom. The summed E-state index contributed by atoms with van der Waals surface area (Å²) in [6.07, 6.45) is 4.59. The van der Waals surface area contributed by atoms with E-state index in [1.165, 1.54) is 0 Å². The number of carbonyl (C=O) groups excluding carboxylic acids is 1. The van der Waals surface area contributed by atoms with E-state index >= 15 is 0 Å². The van der Waals surface area contributed by atoms with Gasteiger partial charge in [0, 0.05) is 6.42 Å². The molecule has 3 atom stereocenters. The molecule has 3 unspecified atom stereocenters. The van der Waals surface area contributed by atoms with Crippen LogP contribution in [0.25, 0.3) is 0 Å². The standard InChI is InChI=1S/C14H24N2O3/c1-9(11-3-2-6-15-8-11)7-12(17)16-13(14(18)19)10-4-5-10/h9-11,13,15H,2-8H2,1H3,(H,16,17)(H,18,19). The van der Waals surface area contributed by atoms with Crippen molar-refractivity contribution in [2.75, 3.05) is 13.1 Å². The third-order valence-corrected chi connectivity index (χ3v) is 4.32. The van der Waals surface area contributed by atoms with E-state index in [9.17, 15) is 9.59 Å². The Morgan fingerprint density at radius 1 is 1.32 bits per heavy atom. The van der Waals surface area contributed by atoms with Crippen molar-refractivity contribution in [2.24, 2.45) is 17.8 Å². The highest BCUT2D eigenvalue weighted by Gasteiger charge is 2.37. The van der Waals surface area contributed by atoms with Gasteiger partial charge in [-0.05, 0) is 56.5 Å². The normalized spacial score (nSPS) is 26.5. The number of amides is 1. The van der Waals surface area contributed by atoms with Crippen LogP contribution in [0.3, 0.4) is 0 Å². The molecule has 3 N–H and O–H groups in total. The smallest absolute Gasteiger partial charge is 0.326 e. The van der Waals surface area contributed by atoms with Gasteiger partial charge >= 0.3 is 5.97 Å². The molecule has 0 spiro atoms. The molecule has 0 aromatic rings. The maximum atomic E-state index is 11.9. The molecule has 5 nitrogen and oxygen atoms in total. The average Bonchev–Trinajstić information content (AvgIpc) is 3.21. The molecule has 1 aliphatic heterocycles. The molecule has 0 radical (unpaired) electrons. The summed E-state index contributed by atoms with van der Waals surface area (Å²) >= 11 is 0. The Hall–Kier alpha value is -1.10. The van der Waals surface area contributed by atoms with Gasteiger partial charge in [-0.25, -0.2) is 4.79 Å². The molecule has 1 heterocycles. The lowest BCUT2D eigenvalue weighted by molar-refractivity contribution is -0.142. The number of piperidine rings is 1. The molecule has 0 bridgehead atoms. The average molecular weight is 268 g/mol. The second-order valence-electron chi connectivity index (χ2n) is 6.01. The summed E-state index contributed by atoms with van der Waals surface area (Å²) in [6, 6.07) is -0.677. The van der Waals surface area contributed by atoms with Crippen molar-refractivity contribution < 1.29 is 14.7 Å². The summed E-state index contributed by atoms with van der Waals surface area (Å²) in [5, 5.41) is 15.1. The molecule has 1 amide bonds. The van der Waals surface area contributed by atoms with Crippen LogP contribution in [0, 0.1) is 17.8 Å². The maximum absolute atomic E-state index is 11.9. The first kappa shape index (κ1) is 14.3. The monoisotopic (exact) mass is 268 g/mol. The Labute approximate surface area is 114 Å². The summed E-state index contributed by atoms with van der Waals surface area (Å²) < 4.78 is 0. The zero-order chi connectivity index (χ0) is 13.8. The van der Waals surface area contributed by atoms with Gasteiger partial charge < -0.3 is 15.7 Å². The zero-order valence-electron chi connectivity index (χ0n) is 11.5. The van der Waals surface area contributed by atoms with E-state index in [0.29, 0.717) is 18.3 Å². The lowest BCUT2D eigenvalue weighted by atomic mass is 9.85. The minimum absolute atomic E-state index is 0.114. The number of carbonyl (C=O) groups is 2. The molecule has 19 heavy (non-hydrogen) atoms. The van der Waals surface area contributed by atoms with Crippen molar-refractivity contribution in [2.45, 2.75) is 45.1 Å². The van der Waals surface area contributed by atoms with Gasteiger partial charge in [0.25, 0.3) is 0 Å². The van der Waals surface area contributed by atoms with Crippen LogP contribution in [0.4, 0.5) is 0 Å². The molecule has 2 fully saturated rings. The molecule has 108 valence electrons. The molecule has 5 heteroatoms. The van der Waals surface area contributed by atoms with Crippen LogP contribution in [-0.2, 0) is 9.59 Å². The van der Waals surface area contributed by atoms with E-state index in [0.717, 1.165) is 38.8 Å². The Kier molecular flexibility index (Phi) is 4.80. The maximum Gasteiger partial charge on any atom is 0.326 e. The number of hydrogen-bond acceptors (Lipinski definition) is 3. The first-order chi connectivity index (χ1) is 9.08. The van der Waals surface area contributed by atoms with Crippen molar-refractivity contribution >= 4 is 11.9 Å². The number of carboxylic acid groups (broad SMARTS) is 1. The molecule has 2 aliphatic rings. The van der Waals surface area contributed by atoms with Gasteiger partial charge in [-0.1, -0.05) is 6.92 Å². The highest BCUT2D eigenvalue weighted by molar-refractivity contribution is 5.84. The number of rotatable bonds is 6. The molecule has 1 aliphatic carbocycles. The zero-order valence-corrected chi connectivity index (χ0v) is 11.5. The van der Waals surface area contributed by atoms with Crippen LogP contribution in [0.1, 0.15) is 39.0 Å². The number of carboxylic acids is 1. The van der Waals surface area contributed by atoms with Crippen LogP contribution in [0.5, 0.6) is 0 Å². The first-order valence-electron chi connectivity index (χ1n) is 7.31. The second kappa shape index (κ2) is 6.37. The van der Waals surface area contributed by atoms with Gasteiger partial charge in [0.05, 0.1) is 0 Å². The van der Waals surface area contributed by atoms with E-state index in [-0.39, 0.29) is 11.8 Å². The van der Waals surface area contributed by atoms with Crippen molar-refractivity contribution in [1.82, 2.24) is 10.6 Å². The minimum atomic E-state index is -0.900. The summed E-state index contributed by atoms with van der Waals surface area (Å²) in [7, 11) is 0. The van der Waals surface area contributed by atoms with E-state index in [1.807, 2.05) is 0 Å². The molecule has 0 aromatic carbocycles. The number of aliphatic carboxylic acids is 1. The van der Waals surface area contributed by atoms with Crippen LogP contribution < -0.4 is 10.6 Å². The summed E-state index contributed by atoms with van der Waals surface area (Å²) in [5.74, 6) is -0.0292. The van der Waals surface area contributed by atoms with Gasteiger partial charge in [-0.15, -0.1) is 0 Å². The molecular weight excluding hydrogens is 244 g/mol. The molecule has 0 aromatic heterocycles. The predicted molar refractivity (Wildman–Crippen MR) is 71.7 cm³/mol. The SMILES string of the molecule is CC(CC(=O)NC(C(=O)O)C1CC1)C1CCCNC1. The van der Waals surface area contributed by atoms with Gasteiger partial charge in [0.15, 0.2) is 0 Å². The fraction of sp³-hybridized carbons (Fsp3) is 0.857. The Morgan fingerprint density at radius 3 is 2.58 bits per heavy atom. The highest BCUT2D eigenvalue weighted by atomic mass is 16.4. The molecular formula is C14H24N2O3. The van der Waals surface area contributed by atoms with Crippen LogP contribution in [-0.4, -0.2) is 36.1 Å². The Bertz CT molecular complexity index is 336. The van der Waals surface area contributed by atoms with Gasteiger partial charge in [0.1, 0.15) is 6.04 Å². The van der Waals surface area contributed by atoms with E-state index in [4.69, 9.17) is 5.11 Å². The molecule has 1 saturated heterocycles. The van der Waals surface area contributed by atoms with Gasteiger partial charge in [0.2, 0.25) is 5.91 Å². The summed E-state index contributed by atoms with van der Waals surface area (Å²) in [6.45, 7) is 4.13. The lowest BCUT2D eigenvalue weighted by Gasteiger charge is -2.28. The van der Waals surface area contributed by atoms with Crippen molar-refractivity contribution in [3.63, 3.8) is 0 Å². The van der Waals surface area contributed by atoms with Gasteiger partial charge in [-0.2, -0.15) is 0 Å². The van der Waals surface area contributed by atoms with E-state index in [1.54, 1.807) is 0 Å². The fourth-order valence-electron chi connectivity index (χ4n) is 2.87. The van der Waals surface area contributed by atoms with Crippen LogP contribution >= 0.6 is 0 Å². The largest absolute Gasteiger partial charge is 0.480 e. The van der Waals surface area contributed by atoms with Crippen molar-refractivity contribution in [1.29, 1.82) is 0 Å². The van der Waals surface area contributed by atoms with Crippen molar-refractivity contribution in [3.8, 4) is 0 Å². The van der Waals surface area contributed by atoms with Crippen LogP contribution in [0.15, 0.2) is 0 Å². The Balaban J connectivity index is 1.77. The summed E-state index contributed by atoms with van der Waals surface area (Å²) in [5.41, 5.74) is 0. The number of nitrogens with one attached hydrogen (secondary N) is 2. The van der Waals surface area contributed by atoms with Crippen molar-refractivity contribution in [3.05, 3.63) is 0 Å². The second-order valence-corrected chi connectivity index (χ2v) is 6.01. The molecule has 1 saturated carbocycles. The van der Waals surface area contributed by atoms with E-state index in [2.05, 4.69) is 17.6 Å². The minimum Gasteiger partial charge on any atom is -0.480 e. The predicted octanol–water partition coefficient (Wildman–Crippen LogP) is 0.992. The summed E-state index contributed by atoms with van der Waals surface area (Å²) in [4.78, 5) is 23.0. The fourth-order valence-corrected chi connectivity index (χ4v) is 2.87. The third kappa shape index (κ3) is 4.20. The quantitative estimate of drug-likeness (QED) is 0.671. The third-order valence-electron chi connectivity index (χ3n) is 4.32. The van der Waals surface area contributed by atoms with Gasteiger partial charge in [-0.3, -0.25) is 4.79 Å². The molecule has 2 rings (SSSR count). The lowest BCUT2D eigenvalue weighted by Crippen LogP contribution is -2.43. The topological polar surface area (TPSA) is 78.4 Å². The van der Waals surface area contributed by atoms with E-state index < -0.39 is 12.0 Å². The number of hydrogen-bond donors (Lipinski definition) is 3. The highest BCUT2D eigenvalue weighted by Crippen LogP contribution is 2.33. The van der Waals surface area contributed by atoms with Crippen LogP contribution in [0.2, 0.25) is 0 Å². The first-order valence-corrected chi connectivity index (χ1v) is 7.31.